The molecule has 1 aromatic heterocycles. The van der Waals surface area contributed by atoms with E-state index in [9.17, 15) is 28.1 Å². The summed E-state index contributed by atoms with van der Waals surface area (Å²) >= 11 is 0. The van der Waals surface area contributed by atoms with Crippen molar-refractivity contribution in [1.82, 2.24) is 9.55 Å². The standard InChI is InChI=1S/C15H15F3N4O4/c1-10-19-13(22(24)25)8-21(10)7-6-14(23)20-11-2-4-12(5-3-11)26-9-15(16,17)18/h2-5,8H,6-7,9H2,1H3,(H,20,23). The molecule has 1 amide bonds. The van der Waals surface area contributed by atoms with Gasteiger partial charge in [-0.3, -0.25) is 4.79 Å². The van der Waals surface area contributed by atoms with E-state index < -0.39 is 17.7 Å². The first-order valence-corrected chi connectivity index (χ1v) is 7.42. The molecule has 11 heteroatoms. The quantitative estimate of drug-likeness (QED) is 0.595. The largest absolute Gasteiger partial charge is 0.484 e. The highest BCUT2D eigenvalue weighted by Crippen LogP contribution is 2.20. The van der Waals surface area contributed by atoms with Crippen molar-refractivity contribution in [2.75, 3.05) is 11.9 Å². The predicted octanol–water partition coefficient (Wildman–Crippen LogP) is 3.07. The van der Waals surface area contributed by atoms with Crippen LogP contribution in [0.15, 0.2) is 30.5 Å². The van der Waals surface area contributed by atoms with Crippen LogP contribution in [0, 0.1) is 17.0 Å². The van der Waals surface area contributed by atoms with E-state index in [2.05, 4.69) is 15.0 Å². The molecule has 1 heterocycles. The zero-order valence-corrected chi connectivity index (χ0v) is 13.6. The van der Waals surface area contributed by atoms with Gasteiger partial charge in [-0.05, 0) is 34.2 Å². The Bertz CT molecular complexity index is 787. The third-order valence-corrected chi connectivity index (χ3v) is 3.27. The Morgan fingerprint density at radius 2 is 2.00 bits per heavy atom. The minimum atomic E-state index is -4.42. The van der Waals surface area contributed by atoms with Gasteiger partial charge in [0.15, 0.2) is 6.61 Å². The lowest BCUT2D eigenvalue weighted by molar-refractivity contribution is -0.389. The molecule has 2 rings (SSSR count). The SMILES string of the molecule is Cc1nc([N+](=O)[O-])cn1CCC(=O)Nc1ccc(OCC(F)(F)F)cc1. The minimum Gasteiger partial charge on any atom is -0.484 e. The molecule has 0 aliphatic rings. The Balaban J connectivity index is 1.85. The monoisotopic (exact) mass is 372 g/mol. The lowest BCUT2D eigenvalue weighted by Gasteiger charge is -2.10. The van der Waals surface area contributed by atoms with Gasteiger partial charge in [-0.2, -0.15) is 13.2 Å². The Morgan fingerprint density at radius 3 is 2.54 bits per heavy atom. The van der Waals surface area contributed by atoms with E-state index in [1.54, 1.807) is 6.92 Å². The second-order valence-electron chi connectivity index (χ2n) is 5.32. The summed E-state index contributed by atoms with van der Waals surface area (Å²) in [5.41, 5.74) is 0.391. The fourth-order valence-electron chi connectivity index (χ4n) is 2.05. The molecule has 1 N–H and O–H groups in total. The summed E-state index contributed by atoms with van der Waals surface area (Å²) in [7, 11) is 0. The van der Waals surface area contributed by atoms with Crippen LogP contribution in [-0.4, -0.2) is 33.2 Å². The molecule has 0 radical (unpaired) electrons. The van der Waals surface area contributed by atoms with Crippen LogP contribution in [0.3, 0.4) is 0 Å². The first kappa shape index (κ1) is 19.2. The number of rotatable bonds is 7. The van der Waals surface area contributed by atoms with E-state index in [0.717, 1.165) is 0 Å². The van der Waals surface area contributed by atoms with Gasteiger partial charge in [-0.25, -0.2) is 0 Å². The molecule has 0 saturated heterocycles. The molecule has 0 saturated carbocycles. The number of carbonyl (C=O) groups is 1. The van der Waals surface area contributed by atoms with Gasteiger partial charge >= 0.3 is 12.0 Å². The molecule has 140 valence electrons. The second-order valence-corrected chi connectivity index (χ2v) is 5.32. The number of benzene rings is 1. The van der Waals surface area contributed by atoms with E-state index in [4.69, 9.17) is 0 Å². The highest BCUT2D eigenvalue weighted by atomic mass is 19.4. The summed E-state index contributed by atoms with van der Waals surface area (Å²) in [6, 6.07) is 5.45. The third kappa shape index (κ3) is 5.76. The van der Waals surface area contributed by atoms with Crippen molar-refractivity contribution < 1.29 is 27.6 Å². The number of carbonyl (C=O) groups excluding carboxylic acids is 1. The zero-order chi connectivity index (χ0) is 19.3. The molecule has 0 atom stereocenters. The summed E-state index contributed by atoms with van der Waals surface area (Å²) in [6.45, 7) is 0.394. The van der Waals surface area contributed by atoms with Crippen LogP contribution in [-0.2, 0) is 11.3 Å². The number of amides is 1. The van der Waals surface area contributed by atoms with Crippen LogP contribution in [0.1, 0.15) is 12.2 Å². The van der Waals surface area contributed by atoms with E-state index in [-0.39, 0.29) is 30.4 Å². The summed E-state index contributed by atoms with van der Waals surface area (Å²) in [4.78, 5) is 25.7. The minimum absolute atomic E-state index is 0.0293. The van der Waals surface area contributed by atoms with Crippen molar-refractivity contribution in [2.24, 2.45) is 0 Å². The molecule has 0 bridgehead atoms. The highest BCUT2D eigenvalue weighted by molar-refractivity contribution is 5.90. The maximum atomic E-state index is 12.1. The molecule has 0 unspecified atom stereocenters. The van der Waals surface area contributed by atoms with Gasteiger partial charge in [0.2, 0.25) is 11.7 Å². The average molecular weight is 372 g/mol. The topological polar surface area (TPSA) is 99.3 Å². The predicted molar refractivity (Wildman–Crippen MR) is 84.9 cm³/mol. The Morgan fingerprint density at radius 1 is 1.35 bits per heavy atom. The van der Waals surface area contributed by atoms with Crippen molar-refractivity contribution in [1.29, 1.82) is 0 Å². The van der Waals surface area contributed by atoms with Gasteiger partial charge < -0.3 is 24.7 Å². The number of nitrogens with one attached hydrogen (secondary N) is 1. The van der Waals surface area contributed by atoms with Gasteiger partial charge in [-0.15, -0.1) is 0 Å². The number of halogens is 3. The number of imidazole rings is 1. The van der Waals surface area contributed by atoms with Gasteiger partial charge in [-0.1, -0.05) is 0 Å². The molecular weight excluding hydrogens is 357 g/mol. The van der Waals surface area contributed by atoms with Gasteiger partial charge in [0, 0.05) is 25.6 Å². The van der Waals surface area contributed by atoms with Crippen LogP contribution >= 0.6 is 0 Å². The molecule has 8 nitrogen and oxygen atoms in total. The Kier molecular flexibility index (Phi) is 5.80. The number of nitro groups is 1. The van der Waals surface area contributed by atoms with Crippen LogP contribution in [0.25, 0.3) is 0 Å². The van der Waals surface area contributed by atoms with Crippen LogP contribution in [0.2, 0.25) is 0 Å². The Hall–Kier alpha value is -3.11. The summed E-state index contributed by atoms with van der Waals surface area (Å²) in [5, 5.41) is 13.2. The van der Waals surface area contributed by atoms with Crippen molar-refractivity contribution >= 4 is 17.4 Å². The molecular formula is C15H15F3N4O4. The van der Waals surface area contributed by atoms with Crippen molar-refractivity contribution in [3.8, 4) is 5.75 Å². The number of alkyl halides is 3. The summed E-state index contributed by atoms with van der Waals surface area (Å²) in [5.74, 6) is -0.209. The Labute approximate surface area is 145 Å². The zero-order valence-electron chi connectivity index (χ0n) is 13.6. The first-order chi connectivity index (χ1) is 12.1. The summed E-state index contributed by atoms with van der Waals surface area (Å²) in [6.07, 6.45) is -3.14. The maximum Gasteiger partial charge on any atom is 0.422 e. The smallest absolute Gasteiger partial charge is 0.422 e. The van der Waals surface area contributed by atoms with Crippen LogP contribution < -0.4 is 10.1 Å². The third-order valence-electron chi connectivity index (χ3n) is 3.27. The first-order valence-electron chi connectivity index (χ1n) is 7.42. The van der Waals surface area contributed by atoms with E-state index in [0.29, 0.717) is 11.5 Å². The van der Waals surface area contributed by atoms with Crippen molar-refractivity contribution in [2.45, 2.75) is 26.1 Å². The van der Waals surface area contributed by atoms with Gasteiger partial charge in [0.05, 0.1) is 0 Å². The normalized spacial score (nSPS) is 11.2. The maximum absolute atomic E-state index is 12.1. The average Bonchev–Trinajstić information content (AvgIpc) is 2.93. The number of hydrogen-bond acceptors (Lipinski definition) is 5. The molecule has 1 aromatic carbocycles. The molecule has 0 aliphatic heterocycles. The number of anilines is 1. The molecule has 0 spiro atoms. The fourth-order valence-corrected chi connectivity index (χ4v) is 2.05. The number of nitrogens with zero attached hydrogens (tertiary/aromatic N) is 3. The van der Waals surface area contributed by atoms with Crippen molar-refractivity contribution in [3.05, 3.63) is 46.4 Å². The van der Waals surface area contributed by atoms with E-state index in [1.165, 1.54) is 35.0 Å². The van der Waals surface area contributed by atoms with Crippen LogP contribution in [0.4, 0.5) is 24.7 Å². The van der Waals surface area contributed by atoms with Gasteiger partial charge in [0.25, 0.3) is 0 Å². The van der Waals surface area contributed by atoms with E-state index >= 15 is 0 Å². The van der Waals surface area contributed by atoms with Crippen molar-refractivity contribution in [3.63, 3.8) is 0 Å². The number of aromatic nitrogens is 2. The lowest BCUT2D eigenvalue weighted by atomic mass is 10.3. The van der Waals surface area contributed by atoms with Crippen LogP contribution in [0.5, 0.6) is 5.75 Å². The number of aryl methyl sites for hydroxylation is 2. The number of hydrogen-bond donors (Lipinski definition) is 1. The highest BCUT2D eigenvalue weighted by Gasteiger charge is 2.28. The molecule has 0 fully saturated rings. The second kappa shape index (κ2) is 7.85. The van der Waals surface area contributed by atoms with E-state index in [1.807, 2.05) is 0 Å². The summed E-state index contributed by atoms with van der Waals surface area (Å²) < 4.78 is 42.3. The number of ether oxygens (including phenoxy) is 1. The van der Waals surface area contributed by atoms with Gasteiger partial charge in [0.1, 0.15) is 11.9 Å². The lowest BCUT2D eigenvalue weighted by Crippen LogP contribution is -2.19. The molecule has 0 aliphatic carbocycles. The fraction of sp³-hybridized carbons (Fsp3) is 0.333. The molecule has 2 aromatic rings. The molecule has 26 heavy (non-hydrogen) atoms.